The van der Waals surface area contributed by atoms with Gasteiger partial charge in [0.05, 0.1) is 0 Å². The summed E-state index contributed by atoms with van der Waals surface area (Å²) in [7, 11) is 0. The molecule has 0 saturated heterocycles. The summed E-state index contributed by atoms with van der Waals surface area (Å²) >= 11 is 0. The molecule has 1 atom stereocenters. The van der Waals surface area contributed by atoms with Crippen molar-refractivity contribution < 1.29 is 4.79 Å². The number of nitrogens with zero attached hydrogens (tertiary/aromatic N) is 1. The molecule has 1 aliphatic rings. The number of rotatable bonds is 2. The molecular formula is C17H18N2O. The Labute approximate surface area is 119 Å². The Kier molecular flexibility index (Phi) is 3.28. The number of anilines is 1. The lowest BCUT2D eigenvalue weighted by atomic mass is 9.97. The Morgan fingerprint density at radius 1 is 1.10 bits per heavy atom. The highest BCUT2D eigenvalue weighted by Gasteiger charge is 2.26. The van der Waals surface area contributed by atoms with Crippen LogP contribution in [0.5, 0.6) is 0 Å². The van der Waals surface area contributed by atoms with Gasteiger partial charge in [-0.15, -0.1) is 0 Å². The van der Waals surface area contributed by atoms with Gasteiger partial charge in [0.25, 0.3) is 5.91 Å². The highest BCUT2D eigenvalue weighted by molar-refractivity contribution is 6.08. The molecular weight excluding hydrogens is 248 g/mol. The van der Waals surface area contributed by atoms with Crippen molar-refractivity contribution in [3.05, 3.63) is 65.2 Å². The largest absolute Gasteiger partial charge is 0.324 e. The van der Waals surface area contributed by atoms with Gasteiger partial charge >= 0.3 is 0 Å². The number of para-hydroxylation sites is 1. The van der Waals surface area contributed by atoms with Crippen molar-refractivity contribution in [2.24, 2.45) is 5.73 Å². The average Bonchev–Trinajstić information content (AvgIpc) is 2.48. The number of carbonyl (C=O) groups is 1. The van der Waals surface area contributed by atoms with Gasteiger partial charge < -0.3 is 10.6 Å². The first-order valence-electron chi connectivity index (χ1n) is 6.93. The van der Waals surface area contributed by atoms with Crippen LogP contribution >= 0.6 is 0 Å². The van der Waals surface area contributed by atoms with Crippen molar-refractivity contribution in [2.45, 2.75) is 19.4 Å². The summed E-state index contributed by atoms with van der Waals surface area (Å²) in [6.07, 6.45) is 0.884. The van der Waals surface area contributed by atoms with Crippen LogP contribution in [0.2, 0.25) is 0 Å². The highest BCUT2D eigenvalue weighted by atomic mass is 16.2. The van der Waals surface area contributed by atoms with Gasteiger partial charge in [0.1, 0.15) is 0 Å². The second kappa shape index (κ2) is 5.10. The number of fused-ring (bicyclic) bond motifs is 1. The molecule has 20 heavy (non-hydrogen) atoms. The molecule has 0 saturated carbocycles. The van der Waals surface area contributed by atoms with E-state index >= 15 is 0 Å². The van der Waals surface area contributed by atoms with Gasteiger partial charge in [-0.3, -0.25) is 4.79 Å². The first kappa shape index (κ1) is 12.9. The maximum atomic E-state index is 12.7. The molecule has 2 N–H and O–H groups in total. The number of hydrogen-bond donors (Lipinski definition) is 1. The predicted molar refractivity (Wildman–Crippen MR) is 80.9 cm³/mol. The third-order valence-electron chi connectivity index (χ3n) is 3.82. The molecule has 0 bridgehead atoms. The molecule has 0 aliphatic carbocycles. The number of hydrogen-bond acceptors (Lipinski definition) is 2. The number of amides is 1. The number of benzene rings is 2. The van der Waals surface area contributed by atoms with Gasteiger partial charge in [-0.05, 0) is 36.6 Å². The van der Waals surface area contributed by atoms with Crippen LogP contribution in [0.3, 0.4) is 0 Å². The molecule has 2 aromatic carbocycles. The Bertz CT molecular complexity index is 649. The Morgan fingerprint density at radius 2 is 1.80 bits per heavy atom. The molecule has 2 aromatic rings. The quantitative estimate of drug-likeness (QED) is 0.908. The van der Waals surface area contributed by atoms with E-state index in [1.54, 1.807) is 0 Å². The van der Waals surface area contributed by atoms with E-state index in [0.29, 0.717) is 6.54 Å². The number of carbonyl (C=O) groups excluding carboxylic acids is 1. The smallest absolute Gasteiger partial charge is 0.258 e. The van der Waals surface area contributed by atoms with Crippen LogP contribution in [0, 0.1) is 0 Å². The summed E-state index contributed by atoms with van der Waals surface area (Å²) in [5.41, 5.74) is 9.91. The van der Waals surface area contributed by atoms with Crippen molar-refractivity contribution in [3.8, 4) is 0 Å². The van der Waals surface area contributed by atoms with E-state index in [9.17, 15) is 4.79 Å². The molecule has 0 spiro atoms. The van der Waals surface area contributed by atoms with Crippen LogP contribution in [0.25, 0.3) is 0 Å². The van der Waals surface area contributed by atoms with E-state index in [0.717, 1.165) is 28.8 Å². The Hall–Kier alpha value is -2.13. The Morgan fingerprint density at radius 3 is 2.60 bits per heavy atom. The lowest BCUT2D eigenvalue weighted by Crippen LogP contribution is -2.38. The fraction of sp³-hybridized carbons (Fsp3) is 0.235. The van der Waals surface area contributed by atoms with Crippen LogP contribution in [-0.4, -0.2) is 12.5 Å². The Balaban J connectivity index is 2.04. The number of nitrogens with two attached hydrogens (primary N) is 1. The van der Waals surface area contributed by atoms with Gasteiger partial charge in [-0.25, -0.2) is 0 Å². The SMILES string of the molecule is CC(N)c1ccccc1N1CCc2ccccc2C1=O. The maximum absolute atomic E-state index is 12.7. The van der Waals surface area contributed by atoms with Crippen LogP contribution in [0.4, 0.5) is 5.69 Å². The van der Waals surface area contributed by atoms with E-state index in [2.05, 4.69) is 0 Å². The summed E-state index contributed by atoms with van der Waals surface area (Å²) < 4.78 is 0. The van der Waals surface area contributed by atoms with E-state index in [1.165, 1.54) is 0 Å². The molecule has 0 radical (unpaired) electrons. The van der Waals surface area contributed by atoms with Crippen LogP contribution in [0.15, 0.2) is 48.5 Å². The zero-order chi connectivity index (χ0) is 14.1. The minimum atomic E-state index is -0.0869. The topological polar surface area (TPSA) is 46.3 Å². The van der Waals surface area contributed by atoms with Gasteiger partial charge in [0, 0.05) is 23.8 Å². The molecule has 3 heteroatoms. The fourth-order valence-corrected chi connectivity index (χ4v) is 2.77. The average molecular weight is 266 g/mol. The molecule has 102 valence electrons. The van der Waals surface area contributed by atoms with Gasteiger partial charge in [0.15, 0.2) is 0 Å². The van der Waals surface area contributed by atoms with Gasteiger partial charge in [0.2, 0.25) is 0 Å². The van der Waals surface area contributed by atoms with E-state index < -0.39 is 0 Å². The van der Waals surface area contributed by atoms with Crippen LogP contribution < -0.4 is 10.6 Å². The summed E-state index contributed by atoms with van der Waals surface area (Å²) in [4.78, 5) is 14.5. The second-order valence-corrected chi connectivity index (χ2v) is 5.21. The first-order chi connectivity index (χ1) is 9.68. The molecule has 3 nitrogen and oxygen atoms in total. The zero-order valence-corrected chi connectivity index (χ0v) is 11.5. The lowest BCUT2D eigenvalue weighted by Gasteiger charge is -2.30. The summed E-state index contributed by atoms with van der Waals surface area (Å²) in [5.74, 6) is 0.0694. The third kappa shape index (κ3) is 2.10. The zero-order valence-electron chi connectivity index (χ0n) is 11.5. The highest BCUT2D eigenvalue weighted by Crippen LogP contribution is 2.29. The molecule has 1 heterocycles. The maximum Gasteiger partial charge on any atom is 0.258 e. The van der Waals surface area contributed by atoms with Crippen LogP contribution in [-0.2, 0) is 6.42 Å². The standard InChI is InChI=1S/C17H18N2O/c1-12(18)14-7-4-5-9-16(14)19-11-10-13-6-2-3-8-15(13)17(19)20/h2-9,12H,10-11,18H2,1H3. The fourth-order valence-electron chi connectivity index (χ4n) is 2.77. The van der Waals surface area contributed by atoms with Gasteiger partial charge in [-0.2, -0.15) is 0 Å². The lowest BCUT2D eigenvalue weighted by molar-refractivity contribution is 0.0980. The van der Waals surface area contributed by atoms with E-state index in [4.69, 9.17) is 5.73 Å². The van der Waals surface area contributed by atoms with E-state index in [-0.39, 0.29) is 11.9 Å². The minimum Gasteiger partial charge on any atom is -0.324 e. The van der Waals surface area contributed by atoms with Gasteiger partial charge in [-0.1, -0.05) is 36.4 Å². The van der Waals surface area contributed by atoms with Crippen molar-refractivity contribution in [1.82, 2.24) is 0 Å². The normalized spacial score (nSPS) is 15.9. The molecule has 1 amide bonds. The second-order valence-electron chi connectivity index (χ2n) is 5.21. The molecule has 1 aliphatic heterocycles. The third-order valence-corrected chi connectivity index (χ3v) is 3.82. The van der Waals surface area contributed by atoms with Crippen molar-refractivity contribution in [1.29, 1.82) is 0 Å². The molecule has 3 rings (SSSR count). The van der Waals surface area contributed by atoms with Crippen molar-refractivity contribution >= 4 is 11.6 Å². The monoisotopic (exact) mass is 266 g/mol. The van der Waals surface area contributed by atoms with Crippen molar-refractivity contribution in [2.75, 3.05) is 11.4 Å². The van der Waals surface area contributed by atoms with Crippen LogP contribution in [0.1, 0.15) is 34.5 Å². The van der Waals surface area contributed by atoms with Crippen molar-refractivity contribution in [3.63, 3.8) is 0 Å². The summed E-state index contributed by atoms with van der Waals surface area (Å²) in [6, 6.07) is 15.6. The first-order valence-corrected chi connectivity index (χ1v) is 6.93. The summed E-state index contributed by atoms with van der Waals surface area (Å²) in [5, 5.41) is 0. The molecule has 0 aromatic heterocycles. The predicted octanol–water partition coefficient (Wildman–Crippen LogP) is 2.91. The summed E-state index contributed by atoms with van der Waals surface area (Å²) in [6.45, 7) is 2.65. The molecule has 0 fully saturated rings. The van der Waals surface area contributed by atoms with E-state index in [1.807, 2.05) is 60.4 Å². The minimum absolute atomic E-state index is 0.0694. The molecule has 1 unspecified atom stereocenters.